The highest BCUT2D eigenvalue weighted by molar-refractivity contribution is 5.78. The Morgan fingerprint density at radius 3 is 2.87 bits per heavy atom. The fourth-order valence-corrected chi connectivity index (χ4v) is 1.68. The van der Waals surface area contributed by atoms with Gasteiger partial charge in [0.1, 0.15) is 0 Å². The number of hydrogen-bond donors (Lipinski definition) is 2. The van der Waals surface area contributed by atoms with Crippen molar-refractivity contribution in [2.75, 3.05) is 19.7 Å². The van der Waals surface area contributed by atoms with Crippen LogP contribution in [0, 0.1) is 0 Å². The lowest BCUT2D eigenvalue weighted by Crippen LogP contribution is -2.51. The van der Waals surface area contributed by atoms with Gasteiger partial charge in [-0.05, 0) is 26.7 Å². The van der Waals surface area contributed by atoms with Crippen LogP contribution in [-0.4, -0.2) is 37.2 Å². The summed E-state index contributed by atoms with van der Waals surface area (Å²) in [7, 11) is 0. The third-order valence-corrected chi connectivity index (χ3v) is 3.11. The minimum atomic E-state index is -0.0520. The molecule has 2 unspecified atom stereocenters. The van der Waals surface area contributed by atoms with Crippen LogP contribution in [0.25, 0.3) is 0 Å². The van der Waals surface area contributed by atoms with E-state index in [1.807, 2.05) is 13.8 Å². The topological polar surface area (TPSA) is 50.4 Å². The maximum Gasteiger partial charge on any atom is 0.233 e. The van der Waals surface area contributed by atoms with E-state index in [4.69, 9.17) is 4.74 Å². The number of hydrogen-bond acceptors (Lipinski definition) is 3. The molecule has 0 aromatic rings. The molecule has 1 saturated heterocycles. The SMILES string of the molecule is CCCNC(=O)CNC1(C)CCOC1C. The van der Waals surface area contributed by atoms with Gasteiger partial charge in [-0.2, -0.15) is 0 Å². The van der Waals surface area contributed by atoms with Gasteiger partial charge in [0.15, 0.2) is 0 Å². The molecule has 88 valence electrons. The molecule has 0 bridgehead atoms. The fourth-order valence-electron chi connectivity index (χ4n) is 1.68. The summed E-state index contributed by atoms with van der Waals surface area (Å²) in [6, 6.07) is 0. The Morgan fingerprint density at radius 1 is 1.60 bits per heavy atom. The first kappa shape index (κ1) is 12.5. The van der Waals surface area contributed by atoms with Crippen molar-refractivity contribution in [3.8, 4) is 0 Å². The first-order valence-electron chi connectivity index (χ1n) is 5.72. The van der Waals surface area contributed by atoms with E-state index < -0.39 is 0 Å². The predicted octanol–water partition coefficient (Wildman–Crippen LogP) is 0.670. The highest BCUT2D eigenvalue weighted by atomic mass is 16.5. The van der Waals surface area contributed by atoms with Gasteiger partial charge in [-0.25, -0.2) is 0 Å². The molecule has 0 radical (unpaired) electrons. The van der Waals surface area contributed by atoms with Crippen LogP contribution in [0.4, 0.5) is 0 Å². The molecule has 0 aliphatic carbocycles. The Bertz CT molecular complexity index is 221. The summed E-state index contributed by atoms with van der Waals surface area (Å²) in [5, 5.41) is 6.13. The lowest BCUT2D eigenvalue weighted by atomic mass is 9.95. The lowest BCUT2D eigenvalue weighted by molar-refractivity contribution is -0.120. The van der Waals surface area contributed by atoms with E-state index in [9.17, 15) is 4.79 Å². The van der Waals surface area contributed by atoms with E-state index in [2.05, 4.69) is 17.6 Å². The van der Waals surface area contributed by atoms with E-state index >= 15 is 0 Å². The molecule has 0 aromatic carbocycles. The molecular formula is C11H22N2O2. The van der Waals surface area contributed by atoms with Crippen LogP contribution in [0.5, 0.6) is 0 Å². The maximum absolute atomic E-state index is 11.4. The van der Waals surface area contributed by atoms with Gasteiger partial charge in [0.25, 0.3) is 0 Å². The van der Waals surface area contributed by atoms with Crippen molar-refractivity contribution in [2.24, 2.45) is 0 Å². The molecule has 0 spiro atoms. The molecule has 4 heteroatoms. The number of ether oxygens (including phenoxy) is 1. The van der Waals surface area contributed by atoms with Gasteiger partial charge in [-0.3, -0.25) is 4.79 Å². The summed E-state index contributed by atoms with van der Waals surface area (Å²) in [4.78, 5) is 11.4. The molecule has 15 heavy (non-hydrogen) atoms. The van der Waals surface area contributed by atoms with E-state index in [0.29, 0.717) is 6.54 Å². The van der Waals surface area contributed by atoms with E-state index in [1.54, 1.807) is 0 Å². The quantitative estimate of drug-likeness (QED) is 0.707. The molecule has 1 rings (SSSR count). The van der Waals surface area contributed by atoms with Gasteiger partial charge in [0, 0.05) is 18.7 Å². The summed E-state index contributed by atoms with van der Waals surface area (Å²) >= 11 is 0. The molecule has 4 nitrogen and oxygen atoms in total. The summed E-state index contributed by atoms with van der Waals surface area (Å²) in [5.74, 6) is 0.0668. The summed E-state index contributed by atoms with van der Waals surface area (Å²) < 4.78 is 5.49. The van der Waals surface area contributed by atoms with Crippen molar-refractivity contribution in [3.05, 3.63) is 0 Å². The second-order valence-corrected chi connectivity index (χ2v) is 4.38. The first-order valence-corrected chi connectivity index (χ1v) is 5.72. The number of carbonyl (C=O) groups excluding carboxylic acids is 1. The molecule has 2 N–H and O–H groups in total. The summed E-state index contributed by atoms with van der Waals surface area (Å²) in [6.07, 6.45) is 2.12. The van der Waals surface area contributed by atoms with Gasteiger partial charge in [-0.15, -0.1) is 0 Å². The summed E-state index contributed by atoms with van der Waals surface area (Å²) in [6.45, 7) is 8.11. The molecule has 1 heterocycles. The average molecular weight is 214 g/mol. The Morgan fingerprint density at radius 2 is 2.33 bits per heavy atom. The fraction of sp³-hybridized carbons (Fsp3) is 0.909. The highest BCUT2D eigenvalue weighted by Crippen LogP contribution is 2.24. The Kier molecular flexibility index (Phi) is 4.54. The average Bonchev–Trinajstić information content (AvgIpc) is 2.54. The maximum atomic E-state index is 11.4. The minimum absolute atomic E-state index is 0.0520. The lowest BCUT2D eigenvalue weighted by Gasteiger charge is -2.28. The third-order valence-electron chi connectivity index (χ3n) is 3.11. The Balaban J connectivity index is 2.26. The number of rotatable bonds is 5. The molecule has 1 aliphatic heterocycles. The molecule has 1 amide bonds. The van der Waals surface area contributed by atoms with Crippen LogP contribution >= 0.6 is 0 Å². The minimum Gasteiger partial charge on any atom is -0.377 e. The Labute approximate surface area is 91.8 Å². The van der Waals surface area contributed by atoms with Gasteiger partial charge in [0.2, 0.25) is 5.91 Å². The smallest absolute Gasteiger partial charge is 0.233 e. The second-order valence-electron chi connectivity index (χ2n) is 4.38. The summed E-state index contributed by atoms with van der Waals surface area (Å²) in [5.41, 5.74) is -0.0520. The first-order chi connectivity index (χ1) is 7.08. The largest absolute Gasteiger partial charge is 0.377 e. The van der Waals surface area contributed by atoms with Gasteiger partial charge >= 0.3 is 0 Å². The molecule has 1 fully saturated rings. The van der Waals surface area contributed by atoms with E-state index in [-0.39, 0.29) is 17.6 Å². The van der Waals surface area contributed by atoms with Crippen molar-refractivity contribution < 1.29 is 9.53 Å². The zero-order valence-electron chi connectivity index (χ0n) is 9.93. The molecule has 0 aromatic heterocycles. The van der Waals surface area contributed by atoms with Gasteiger partial charge < -0.3 is 15.4 Å². The van der Waals surface area contributed by atoms with Crippen LogP contribution in [0.1, 0.15) is 33.6 Å². The standard InChI is InChI=1S/C11H22N2O2/c1-4-6-12-10(14)8-13-11(3)5-7-15-9(11)2/h9,13H,4-8H2,1-3H3,(H,12,14). The zero-order chi connectivity index (χ0) is 11.3. The molecule has 2 atom stereocenters. The van der Waals surface area contributed by atoms with Crippen molar-refractivity contribution in [3.63, 3.8) is 0 Å². The second kappa shape index (κ2) is 5.47. The zero-order valence-corrected chi connectivity index (χ0v) is 9.93. The van der Waals surface area contributed by atoms with Gasteiger partial charge in [-0.1, -0.05) is 6.92 Å². The van der Waals surface area contributed by atoms with Crippen LogP contribution in [0.2, 0.25) is 0 Å². The number of carbonyl (C=O) groups is 1. The normalized spacial score (nSPS) is 30.5. The van der Waals surface area contributed by atoms with Crippen molar-refractivity contribution in [1.29, 1.82) is 0 Å². The Hall–Kier alpha value is -0.610. The van der Waals surface area contributed by atoms with Crippen molar-refractivity contribution in [2.45, 2.75) is 45.3 Å². The molecule has 1 aliphatic rings. The van der Waals surface area contributed by atoms with Crippen LogP contribution in [0.15, 0.2) is 0 Å². The number of nitrogens with one attached hydrogen (secondary N) is 2. The number of amides is 1. The van der Waals surface area contributed by atoms with Crippen molar-refractivity contribution in [1.82, 2.24) is 10.6 Å². The molecular weight excluding hydrogens is 192 g/mol. The predicted molar refractivity (Wildman–Crippen MR) is 59.7 cm³/mol. The highest BCUT2D eigenvalue weighted by Gasteiger charge is 2.36. The van der Waals surface area contributed by atoms with Crippen molar-refractivity contribution >= 4 is 5.91 Å². The van der Waals surface area contributed by atoms with E-state index in [0.717, 1.165) is 26.0 Å². The monoisotopic (exact) mass is 214 g/mol. The molecule has 0 saturated carbocycles. The van der Waals surface area contributed by atoms with Crippen LogP contribution in [-0.2, 0) is 9.53 Å². The van der Waals surface area contributed by atoms with Crippen LogP contribution < -0.4 is 10.6 Å². The van der Waals surface area contributed by atoms with Crippen LogP contribution in [0.3, 0.4) is 0 Å². The van der Waals surface area contributed by atoms with E-state index in [1.165, 1.54) is 0 Å². The third kappa shape index (κ3) is 3.47. The van der Waals surface area contributed by atoms with Gasteiger partial charge in [0.05, 0.1) is 12.6 Å².